The van der Waals surface area contributed by atoms with Crippen LogP contribution in [0.15, 0.2) is 40.7 Å². The summed E-state index contributed by atoms with van der Waals surface area (Å²) >= 11 is 1.58. The van der Waals surface area contributed by atoms with Crippen molar-refractivity contribution >= 4 is 26.9 Å². The fraction of sp³-hybridized carbons (Fsp3) is 0.250. The maximum atomic E-state index is 11.6. The predicted molar refractivity (Wildman–Crippen MR) is 73.6 cm³/mol. The summed E-state index contributed by atoms with van der Waals surface area (Å²) in [5.41, 5.74) is 0.889. The summed E-state index contributed by atoms with van der Waals surface area (Å²) < 4.78 is 23.3. The fourth-order valence-corrected chi connectivity index (χ4v) is 2.90. The summed E-state index contributed by atoms with van der Waals surface area (Å²) in [6.45, 7) is 2.29. The highest BCUT2D eigenvalue weighted by atomic mass is 32.2. The second-order valence-corrected chi connectivity index (χ2v) is 6.96. The Morgan fingerprint density at radius 2 is 2.00 bits per heavy atom. The molecule has 6 heteroatoms. The van der Waals surface area contributed by atoms with Gasteiger partial charge in [0.1, 0.15) is 5.01 Å². The number of hydrogen-bond acceptors (Lipinski definition) is 5. The zero-order valence-corrected chi connectivity index (χ0v) is 11.6. The van der Waals surface area contributed by atoms with Gasteiger partial charge in [-0.25, -0.2) is 13.4 Å². The molecular weight excluding hydrogens is 268 g/mol. The predicted octanol–water partition coefficient (Wildman–Crippen LogP) is 2.55. The van der Waals surface area contributed by atoms with Gasteiger partial charge in [0.25, 0.3) is 0 Å². The lowest BCUT2D eigenvalue weighted by Gasteiger charge is -2.06. The van der Waals surface area contributed by atoms with E-state index in [1.807, 2.05) is 5.38 Å². The third-order valence-electron chi connectivity index (χ3n) is 2.52. The molecule has 1 aromatic heterocycles. The van der Waals surface area contributed by atoms with Crippen molar-refractivity contribution in [1.29, 1.82) is 0 Å². The van der Waals surface area contributed by atoms with Gasteiger partial charge in [-0.15, -0.1) is 11.3 Å². The van der Waals surface area contributed by atoms with Gasteiger partial charge in [-0.3, -0.25) is 0 Å². The number of rotatable bonds is 5. The van der Waals surface area contributed by atoms with E-state index in [1.54, 1.807) is 48.7 Å². The number of aromatic nitrogens is 1. The zero-order valence-electron chi connectivity index (χ0n) is 9.96. The molecule has 2 aromatic rings. The maximum Gasteiger partial charge on any atom is 0.178 e. The molecule has 4 nitrogen and oxygen atoms in total. The molecule has 1 aromatic carbocycles. The van der Waals surface area contributed by atoms with Crippen molar-refractivity contribution < 1.29 is 8.42 Å². The van der Waals surface area contributed by atoms with Crippen molar-refractivity contribution in [2.75, 3.05) is 11.1 Å². The number of benzene rings is 1. The number of nitrogens with one attached hydrogen (secondary N) is 1. The smallest absolute Gasteiger partial charge is 0.178 e. The van der Waals surface area contributed by atoms with Crippen molar-refractivity contribution in [3.8, 4) is 0 Å². The van der Waals surface area contributed by atoms with E-state index < -0.39 is 9.84 Å². The number of thiazole rings is 1. The molecule has 0 atom stereocenters. The molecule has 0 unspecified atom stereocenters. The van der Waals surface area contributed by atoms with Gasteiger partial charge in [0.15, 0.2) is 9.84 Å². The summed E-state index contributed by atoms with van der Waals surface area (Å²) in [5, 5.41) is 6.12. The van der Waals surface area contributed by atoms with Crippen molar-refractivity contribution in [2.45, 2.75) is 18.4 Å². The summed E-state index contributed by atoms with van der Waals surface area (Å²) in [6.07, 6.45) is 1.76. The third-order valence-corrected chi connectivity index (χ3v) is 5.05. The Kier molecular flexibility index (Phi) is 3.98. The lowest BCUT2D eigenvalue weighted by Crippen LogP contribution is -2.04. The van der Waals surface area contributed by atoms with Gasteiger partial charge in [-0.1, -0.05) is 6.92 Å². The minimum atomic E-state index is -3.11. The van der Waals surface area contributed by atoms with Crippen molar-refractivity contribution in [1.82, 2.24) is 4.98 Å². The van der Waals surface area contributed by atoms with Crippen LogP contribution in [0.25, 0.3) is 0 Å². The first-order valence-corrected chi connectivity index (χ1v) is 8.10. The van der Waals surface area contributed by atoms with Gasteiger partial charge in [-0.2, -0.15) is 0 Å². The number of anilines is 1. The average Bonchev–Trinajstić information content (AvgIpc) is 2.90. The molecular formula is C12H14N2O2S2. The van der Waals surface area contributed by atoms with Gasteiger partial charge in [0.05, 0.1) is 17.2 Å². The van der Waals surface area contributed by atoms with Crippen LogP contribution >= 0.6 is 11.3 Å². The fourth-order valence-electron chi connectivity index (χ4n) is 1.46. The molecule has 0 saturated heterocycles. The highest BCUT2D eigenvalue weighted by molar-refractivity contribution is 7.91. The molecule has 0 fully saturated rings. The second-order valence-electron chi connectivity index (χ2n) is 3.71. The monoisotopic (exact) mass is 282 g/mol. The Labute approximate surface area is 111 Å². The van der Waals surface area contributed by atoms with Crippen molar-refractivity contribution in [3.05, 3.63) is 40.8 Å². The third kappa shape index (κ3) is 3.08. The van der Waals surface area contributed by atoms with Crippen LogP contribution in [0.1, 0.15) is 11.9 Å². The molecule has 0 radical (unpaired) electrons. The van der Waals surface area contributed by atoms with Crippen LogP contribution in [0, 0.1) is 0 Å². The van der Waals surface area contributed by atoms with Crippen LogP contribution in [0.5, 0.6) is 0 Å². The Bertz CT molecular complexity index is 590. The lowest BCUT2D eigenvalue weighted by molar-refractivity contribution is 0.597. The van der Waals surface area contributed by atoms with E-state index in [4.69, 9.17) is 0 Å². The van der Waals surface area contributed by atoms with Gasteiger partial charge < -0.3 is 5.32 Å². The summed E-state index contributed by atoms with van der Waals surface area (Å²) in [6, 6.07) is 6.80. The maximum absolute atomic E-state index is 11.6. The van der Waals surface area contributed by atoms with Gasteiger partial charge >= 0.3 is 0 Å². The van der Waals surface area contributed by atoms with Crippen molar-refractivity contribution in [2.24, 2.45) is 0 Å². The van der Waals surface area contributed by atoms with E-state index in [2.05, 4.69) is 10.3 Å². The van der Waals surface area contributed by atoms with E-state index in [1.165, 1.54) is 0 Å². The molecule has 0 saturated carbocycles. The second kappa shape index (κ2) is 5.49. The van der Waals surface area contributed by atoms with E-state index in [-0.39, 0.29) is 5.75 Å². The average molecular weight is 282 g/mol. The van der Waals surface area contributed by atoms with Gasteiger partial charge in [0.2, 0.25) is 0 Å². The topological polar surface area (TPSA) is 59.1 Å². The van der Waals surface area contributed by atoms with Crippen LogP contribution in [0.3, 0.4) is 0 Å². The molecule has 0 amide bonds. The lowest BCUT2D eigenvalue weighted by atomic mass is 10.3. The largest absolute Gasteiger partial charge is 0.379 e. The minimum Gasteiger partial charge on any atom is -0.379 e. The number of nitrogens with zero attached hydrogens (tertiary/aromatic N) is 1. The SMILES string of the molecule is CCS(=O)(=O)c1ccc(NCc2nccs2)cc1. The molecule has 0 bridgehead atoms. The Balaban J connectivity index is 2.04. The summed E-state index contributed by atoms with van der Waals surface area (Å²) in [7, 11) is -3.11. The van der Waals surface area contributed by atoms with Gasteiger partial charge in [-0.05, 0) is 24.3 Å². The highest BCUT2D eigenvalue weighted by Crippen LogP contribution is 2.16. The Morgan fingerprint density at radius 1 is 1.28 bits per heavy atom. The Morgan fingerprint density at radius 3 is 2.56 bits per heavy atom. The molecule has 2 rings (SSSR count). The van der Waals surface area contributed by atoms with Crippen LogP contribution < -0.4 is 5.32 Å². The molecule has 96 valence electrons. The number of sulfone groups is 1. The first kappa shape index (κ1) is 13.0. The molecule has 0 aliphatic carbocycles. The van der Waals surface area contributed by atoms with Crippen LogP contribution in [0.2, 0.25) is 0 Å². The summed E-state index contributed by atoms with van der Waals surface area (Å²) in [5.74, 6) is 0.124. The van der Waals surface area contributed by atoms with E-state index in [0.717, 1.165) is 10.7 Å². The normalized spacial score (nSPS) is 11.4. The van der Waals surface area contributed by atoms with Crippen LogP contribution in [0.4, 0.5) is 5.69 Å². The van der Waals surface area contributed by atoms with Crippen molar-refractivity contribution in [3.63, 3.8) is 0 Å². The standard InChI is InChI=1S/C12H14N2O2S2/c1-2-18(15,16)11-5-3-10(4-6-11)14-9-12-13-7-8-17-12/h3-8,14H,2,9H2,1H3. The number of hydrogen-bond donors (Lipinski definition) is 1. The molecule has 1 N–H and O–H groups in total. The Hall–Kier alpha value is -1.40. The first-order valence-electron chi connectivity index (χ1n) is 5.57. The molecule has 1 heterocycles. The zero-order chi connectivity index (χ0) is 13.0. The van der Waals surface area contributed by atoms with E-state index in [0.29, 0.717) is 11.4 Å². The van der Waals surface area contributed by atoms with Crippen LogP contribution in [-0.2, 0) is 16.4 Å². The highest BCUT2D eigenvalue weighted by Gasteiger charge is 2.10. The molecule has 0 aliphatic heterocycles. The molecule has 18 heavy (non-hydrogen) atoms. The first-order chi connectivity index (χ1) is 8.62. The van der Waals surface area contributed by atoms with Gasteiger partial charge in [0, 0.05) is 17.3 Å². The van der Waals surface area contributed by atoms with E-state index >= 15 is 0 Å². The van der Waals surface area contributed by atoms with E-state index in [9.17, 15) is 8.42 Å². The van der Waals surface area contributed by atoms with Crippen LogP contribution in [-0.4, -0.2) is 19.2 Å². The summed E-state index contributed by atoms with van der Waals surface area (Å²) in [4.78, 5) is 4.53. The molecule has 0 aliphatic rings. The minimum absolute atomic E-state index is 0.124. The molecule has 0 spiro atoms. The quantitative estimate of drug-likeness (QED) is 0.915.